The van der Waals surface area contributed by atoms with Gasteiger partial charge in [-0.15, -0.1) is 0 Å². The van der Waals surface area contributed by atoms with Gasteiger partial charge in [-0.3, -0.25) is 0 Å². The van der Waals surface area contributed by atoms with Crippen LogP contribution in [0, 0.1) is 0 Å². The molecule has 0 atom stereocenters. The molecule has 0 aliphatic heterocycles. The number of aromatic amines is 1. The maximum absolute atomic E-state index is 12.5. The van der Waals surface area contributed by atoms with Crippen LogP contribution < -0.4 is 5.32 Å². The summed E-state index contributed by atoms with van der Waals surface area (Å²) >= 11 is 0. The summed E-state index contributed by atoms with van der Waals surface area (Å²) in [5, 5.41) is 3.35. The Bertz CT molecular complexity index is 773. The molecule has 3 rings (SSSR count). The highest BCUT2D eigenvalue weighted by Crippen LogP contribution is 2.28. The fourth-order valence-electron chi connectivity index (χ4n) is 2.69. The highest BCUT2D eigenvalue weighted by Gasteiger charge is 2.29. The largest absolute Gasteiger partial charge is 0.416 e. The lowest BCUT2D eigenvalue weighted by Gasteiger charge is -2.07. The third kappa shape index (κ3) is 3.74. The number of fused-ring (bicyclic) bond motifs is 1. The Hall–Kier alpha value is -2.27. The number of quaternary nitrogens is 1. The molecule has 120 valence electrons. The van der Waals surface area contributed by atoms with E-state index in [4.69, 9.17) is 0 Å². The summed E-state index contributed by atoms with van der Waals surface area (Å²) in [6, 6.07) is 13.5. The van der Waals surface area contributed by atoms with E-state index in [-0.39, 0.29) is 0 Å². The summed E-state index contributed by atoms with van der Waals surface area (Å²) in [6.07, 6.45) is -1.32. The zero-order valence-electron chi connectivity index (χ0n) is 12.5. The lowest BCUT2D eigenvalue weighted by molar-refractivity contribution is -0.670. The first kappa shape index (κ1) is 15.6. The van der Waals surface area contributed by atoms with Gasteiger partial charge in [0, 0.05) is 29.1 Å². The van der Waals surface area contributed by atoms with E-state index in [1.807, 2.05) is 24.4 Å². The van der Waals surface area contributed by atoms with Crippen molar-refractivity contribution in [3.05, 3.63) is 71.4 Å². The summed E-state index contributed by atoms with van der Waals surface area (Å²) in [7, 11) is 0. The monoisotopic (exact) mass is 319 g/mol. The lowest BCUT2D eigenvalue weighted by atomic mass is 10.1. The molecule has 0 bridgehead atoms. The Kier molecular flexibility index (Phi) is 4.39. The Labute approximate surface area is 132 Å². The molecule has 0 radical (unpaired) electrons. The molecule has 3 aromatic rings. The van der Waals surface area contributed by atoms with Gasteiger partial charge in [0.2, 0.25) is 0 Å². The molecule has 1 aromatic heterocycles. The van der Waals surface area contributed by atoms with Crippen molar-refractivity contribution >= 4 is 10.9 Å². The van der Waals surface area contributed by atoms with E-state index in [1.165, 1.54) is 10.9 Å². The van der Waals surface area contributed by atoms with Crippen LogP contribution in [0.15, 0.2) is 54.7 Å². The van der Waals surface area contributed by atoms with Crippen LogP contribution in [-0.4, -0.2) is 11.5 Å². The van der Waals surface area contributed by atoms with E-state index >= 15 is 0 Å². The number of hydrogen-bond donors (Lipinski definition) is 2. The second-order valence-corrected chi connectivity index (χ2v) is 5.59. The van der Waals surface area contributed by atoms with Crippen LogP contribution in [0.3, 0.4) is 0 Å². The van der Waals surface area contributed by atoms with Gasteiger partial charge in [-0.05, 0) is 23.8 Å². The van der Waals surface area contributed by atoms with Crippen LogP contribution in [-0.2, 0) is 19.1 Å². The third-order valence-corrected chi connectivity index (χ3v) is 3.95. The van der Waals surface area contributed by atoms with Gasteiger partial charge in [0.25, 0.3) is 0 Å². The van der Waals surface area contributed by atoms with Crippen molar-refractivity contribution in [2.75, 3.05) is 6.54 Å². The molecule has 0 saturated heterocycles. The zero-order valence-corrected chi connectivity index (χ0v) is 12.5. The van der Waals surface area contributed by atoms with Crippen LogP contribution in [0.1, 0.15) is 16.7 Å². The van der Waals surface area contributed by atoms with Gasteiger partial charge in [0.1, 0.15) is 6.54 Å². The van der Waals surface area contributed by atoms with Gasteiger partial charge in [-0.1, -0.05) is 30.3 Å². The molecule has 0 unspecified atom stereocenters. The maximum atomic E-state index is 12.5. The third-order valence-electron chi connectivity index (χ3n) is 3.95. The molecule has 3 N–H and O–H groups in total. The van der Waals surface area contributed by atoms with Gasteiger partial charge in [0.05, 0.1) is 12.1 Å². The first-order valence-corrected chi connectivity index (χ1v) is 7.57. The van der Waals surface area contributed by atoms with Crippen molar-refractivity contribution < 1.29 is 18.5 Å². The van der Waals surface area contributed by atoms with Crippen LogP contribution in [0.4, 0.5) is 13.2 Å². The summed E-state index contributed by atoms with van der Waals surface area (Å²) in [6.45, 7) is 1.57. The van der Waals surface area contributed by atoms with Crippen molar-refractivity contribution in [1.29, 1.82) is 0 Å². The first-order chi connectivity index (χ1) is 11.0. The summed E-state index contributed by atoms with van der Waals surface area (Å²) in [5.41, 5.74) is 2.70. The van der Waals surface area contributed by atoms with E-state index in [0.29, 0.717) is 6.54 Å². The molecule has 1 heterocycles. The predicted octanol–water partition coefficient (Wildman–Crippen LogP) is 3.49. The first-order valence-electron chi connectivity index (χ1n) is 7.57. The number of nitrogens with one attached hydrogen (secondary N) is 1. The molecule has 5 heteroatoms. The molecule has 0 saturated carbocycles. The van der Waals surface area contributed by atoms with E-state index in [1.54, 1.807) is 12.1 Å². The van der Waals surface area contributed by atoms with Gasteiger partial charge in [-0.2, -0.15) is 13.2 Å². The fourth-order valence-corrected chi connectivity index (χ4v) is 2.69. The number of para-hydroxylation sites is 1. The van der Waals surface area contributed by atoms with Crippen LogP contribution in [0.2, 0.25) is 0 Å². The minimum absolute atomic E-state index is 0.597. The van der Waals surface area contributed by atoms with E-state index in [9.17, 15) is 13.2 Å². The average Bonchev–Trinajstić information content (AvgIpc) is 2.94. The predicted molar refractivity (Wildman–Crippen MR) is 83.9 cm³/mol. The van der Waals surface area contributed by atoms with Crippen molar-refractivity contribution in [2.45, 2.75) is 19.1 Å². The summed E-state index contributed by atoms with van der Waals surface area (Å²) in [4.78, 5) is 3.25. The smallest absolute Gasteiger partial charge is 0.361 e. The van der Waals surface area contributed by atoms with Crippen molar-refractivity contribution in [1.82, 2.24) is 4.98 Å². The van der Waals surface area contributed by atoms with Gasteiger partial charge < -0.3 is 10.3 Å². The Morgan fingerprint density at radius 3 is 2.43 bits per heavy atom. The molecule has 2 nitrogen and oxygen atoms in total. The van der Waals surface area contributed by atoms with Crippen molar-refractivity contribution in [2.24, 2.45) is 0 Å². The van der Waals surface area contributed by atoms with Crippen LogP contribution >= 0.6 is 0 Å². The van der Waals surface area contributed by atoms with Gasteiger partial charge >= 0.3 is 6.18 Å². The normalized spacial score (nSPS) is 12.0. The Morgan fingerprint density at radius 1 is 0.957 bits per heavy atom. The fraction of sp³-hybridized carbons (Fsp3) is 0.222. The molecule has 23 heavy (non-hydrogen) atoms. The number of benzene rings is 2. The number of H-pyrrole nitrogens is 1. The van der Waals surface area contributed by atoms with Crippen LogP contribution in [0.5, 0.6) is 0 Å². The quantitative estimate of drug-likeness (QED) is 0.675. The number of hydrogen-bond acceptors (Lipinski definition) is 0. The van der Waals surface area contributed by atoms with Gasteiger partial charge in [-0.25, -0.2) is 0 Å². The molecular weight excluding hydrogens is 301 g/mol. The molecule has 0 fully saturated rings. The number of aromatic nitrogens is 1. The molecule has 0 aliphatic carbocycles. The summed E-state index contributed by atoms with van der Waals surface area (Å²) in [5.74, 6) is 0. The second-order valence-electron chi connectivity index (χ2n) is 5.59. The molecular formula is C18H18F3N2+. The second kappa shape index (κ2) is 6.46. The van der Waals surface area contributed by atoms with Gasteiger partial charge in [0.15, 0.2) is 0 Å². The topological polar surface area (TPSA) is 32.4 Å². The minimum Gasteiger partial charge on any atom is -0.361 e. The number of nitrogens with two attached hydrogens (primary N) is 1. The molecule has 0 aliphatic rings. The molecule has 0 spiro atoms. The summed E-state index contributed by atoms with van der Waals surface area (Å²) < 4.78 is 37.5. The zero-order chi connectivity index (χ0) is 16.3. The maximum Gasteiger partial charge on any atom is 0.416 e. The number of alkyl halides is 3. The number of rotatable bonds is 5. The highest BCUT2D eigenvalue weighted by molar-refractivity contribution is 5.82. The minimum atomic E-state index is -4.27. The SMILES string of the molecule is FC(F)(F)c1ccc(C[NH2+]CCc2c[nH]c3ccccc23)cc1. The van der Waals surface area contributed by atoms with Crippen molar-refractivity contribution in [3.63, 3.8) is 0 Å². The van der Waals surface area contributed by atoms with Crippen LogP contribution in [0.25, 0.3) is 10.9 Å². The average molecular weight is 319 g/mol. The highest BCUT2D eigenvalue weighted by atomic mass is 19.4. The molecule has 0 amide bonds. The van der Waals surface area contributed by atoms with E-state index in [2.05, 4.69) is 16.4 Å². The Balaban J connectivity index is 1.52. The molecule has 2 aromatic carbocycles. The standard InChI is InChI=1S/C18H17F3N2/c19-18(20,21)15-7-5-13(6-8-15)11-22-10-9-14-12-23-17-4-2-1-3-16(14)17/h1-8,12,22-23H,9-11H2/p+1. The Morgan fingerprint density at radius 2 is 1.70 bits per heavy atom. The lowest BCUT2D eigenvalue weighted by Crippen LogP contribution is -2.83. The van der Waals surface area contributed by atoms with Crippen molar-refractivity contribution in [3.8, 4) is 0 Å². The van der Waals surface area contributed by atoms with E-state index in [0.717, 1.165) is 36.2 Å². The van der Waals surface area contributed by atoms with E-state index < -0.39 is 11.7 Å². The number of halogens is 3.